The minimum absolute atomic E-state index is 0.135. The molecular weight excluding hydrogens is 323 g/mol. The van der Waals surface area contributed by atoms with Gasteiger partial charge < -0.3 is 9.73 Å². The molecule has 0 saturated heterocycles. The molecule has 1 aromatic heterocycles. The minimum Gasteiger partial charge on any atom is -0.465 e. The van der Waals surface area contributed by atoms with E-state index in [0.717, 1.165) is 11.5 Å². The number of aryl methyl sites for hydroxylation is 1. The van der Waals surface area contributed by atoms with Gasteiger partial charge in [0.1, 0.15) is 11.5 Å². The van der Waals surface area contributed by atoms with Crippen molar-refractivity contribution in [2.75, 3.05) is 12.4 Å². The summed E-state index contributed by atoms with van der Waals surface area (Å²) in [6.45, 7) is 4.28. The lowest BCUT2D eigenvalue weighted by molar-refractivity contribution is -0.120. The highest BCUT2D eigenvalue weighted by Crippen LogP contribution is 2.22. The number of rotatable bonds is 5. The van der Waals surface area contributed by atoms with E-state index in [-0.39, 0.29) is 11.9 Å². The van der Waals surface area contributed by atoms with Crippen LogP contribution in [0.15, 0.2) is 34.7 Å². The zero-order valence-electron chi connectivity index (χ0n) is 12.7. The van der Waals surface area contributed by atoms with Crippen molar-refractivity contribution in [3.05, 3.63) is 51.9 Å². The smallest absolute Gasteiger partial charge is 0.241 e. The number of furan rings is 1. The Morgan fingerprint density at radius 2 is 1.91 bits per heavy atom. The van der Waals surface area contributed by atoms with E-state index < -0.39 is 0 Å². The molecule has 0 aliphatic rings. The summed E-state index contributed by atoms with van der Waals surface area (Å²) in [6, 6.07) is 8.42. The Morgan fingerprint density at radius 3 is 2.45 bits per heavy atom. The minimum atomic E-state index is -0.330. The molecule has 22 heavy (non-hydrogen) atoms. The first-order valence-electron chi connectivity index (χ1n) is 6.87. The van der Waals surface area contributed by atoms with E-state index in [4.69, 9.17) is 27.6 Å². The van der Waals surface area contributed by atoms with E-state index in [0.29, 0.717) is 22.3 Å². The lowest BCUT2D eigenvalue weighted by Crippen LogP contribution is -2.39. The number of carbonyl (C=O) groups is 1. The van der Waals surface area contributed by atoms with E-state index in [1.165, 1.54) is 0 Å². The summed E-state index contributed by atoms with van der Waals surface area (Å²) in [7, 11) is 1.87. The maximum Gasteiger partial charge on any atom is 0.241 e. The van der Waals surface area contributed by atoms with Gasteiger partial charge in [-0.3, -0.25) is 9.69 Å². The molecule has 6 heteroatoms. The van der Waals surface area contributed by atoms with Crippen LogP contribution in [0.5, 0.6) is 0 Å². The number of carbonyl (C=O) groups excluding carboxylic acids is 1. The van der Waals surface area contributed by atoms with Gasteiger partial charge in [0.05, 0.1) is 12.6 Å². The van der Waals surface area contributed by atoms with Crippen molar-refractivity contribution < 1.29 is 9.21 Å². The first kappa shape index (κ1) is 16.9. The lowest BCUT2D eigenvalue weighted by atomic mass is 10.2. The summed E-state index contributed by atoms with van der Waals surface area (Å²) < 4.78 is 5.53. The van der Waals surface area contributed by atoms with E-state index in [9.17, 15) is 4.79 Å². The van der Waals surface area contributed by atoms with Crippen LogP contribution < -0.4 is 5.32 Å². The van der Waals surface area contributed by atoms with Crippen molar-refractivity contribution in [1.29, 1.82) is 0 Å². The zero-order valence-corrected chi connectivity index (χ0v) is 14.2. The maximum absolute atomic E-state index is 12.3. The third-order valence-corrected chi connectivity index (χ3v) is 3.81. The SMILES string of the molecule is Cc1ccc(CN(C)[C@H](C)C(=O)Nc2cc(Cl)cc(Cl)c2)o1. The highest BCUT2D eigenvalue weighted by atomic mass is 35.5. The predicted molar refractivity (Wildman–Crippen MR) is 89.5 cm³/mol. The largest absolute Gasteiger partial charge is 0.465 e. The molecule has 118 valence electrons. The van der Waals surface area contributed by atoms with Gasteiger partial charge in [-0.15, -0.1) is 0 Å². The molecule has 1 N–H and O–H groups in total. The third-order valence-electron chi connectivity index (χ3n) is 3.37. The number of hydrogen-bond donors (Lipinski definition) is 1. The number of hydrogen-bond acceptors (Lipinski definition) is 3. The summed E-state index contributed by atoms with van der Waals surface area (Å²) in [5.41, 5.74) is 0.580. The molecule has 1 aromatic carbocycles. The van der Waals surface area contributed by atoms with Crippen LogP contribution >= 0.6 is 23.2 Å². The summed E-state index contributed by atoms with van der Waals surface area (Å²) in [5.74, 6) is 1.55. The number of benzene rings is 1. The molecule has 1 atom stereocenters. The van der Waals surface area contributed by atoms with Crippen LogP contribution in [0, 0.1) is 6.92 Å². The van der Waals surface area contributed by atoms with Crippen LogP contribution in [0.25, 0.3) is 0 Å². The average molecular weight is 341 g/mol. The molecule has 0 aliphatic heterocycles. The van der Waals surface area contributed by atoms with Crippen LogP contribution in [-0.2, 0) is 11.3 Å². The fraction of sp³-hybridized carbons (Fsp3) is 0.312. The number of nitrogens with one attached hydrogen (secondary N) is 1. The number of halogens is 2. The summed E-state index contributed by atoms with van der Waals surface area (Å²) >= 11 is 11.9. The standard InChI is InChI=1S/C16H18Cl2N2O2/c1-10-4-5-15(22-10)9-20(3)11(2)16(21)19-14-7-12(17)6-13(18)8-14/h4-8,11H,9H2,1-3H3,(H,19,21)/t11-/m1/s1. The summed E-state index contributed by atoms with van der Waals surface area (Å²) in [4.78, 5) is 14.2. The molecule has 0 bridgehead atoms. The average Bonchev–Trinajstić information content (AvgIpc) is 2.81. The van der Waals surface area contributed by atoms with Gasteiger partial charge in [0, 0.05) is 15.7 Å². The number of nitrogens with zero attached hydrogens (tertiary/aromatic N) is 1. The van der Waals surface area contributed by atoms with Crippen molar-refractivity contribution in [2.45, 2.75) is 26.4 Å². The Bertz CT molecular complexity index is 650. The molecule has 0 spiro atoms. The summed E-state index contributed by atoms with van der Waals surface area (Å²) in [6.07, 6.45) is 0. The molecule has 0 fully saturated rings. The molecule has 0 saturated carbocycles. The van der Waals surface area contributed by atoms with Crippen molar-refractivity contribution in [3.63, 3.8) is 0 Å². The predicted octanol–water partition coefficient (Wildman–Crippen LogP) is 4.35. The molecule has 0 unspecified atom stereocenters. The molecule has 4 nitrogen and oxygen atoms in total. The quantitative estimate of drug-likeness (QED) is 0.879. The van der Waals surface area contributed by atoms with E-state index in [2.05, 4.69) is 5.32 Å². The van der Waals surface area contributed by atoms with Gasteiger partial charge in [-0.1, -0.05) is 23.2 Å². The van der Waals surface area contributed by atoms with Crippen LogP contribution in [0.1, 0.15) is 18.4 Å². The maximum atomic E-state index is 12.3. The van der Waals surface area contributed by atoms with Gasteiger partial charge in [-0.2, -0.15) is 0 Å². The molecule has 0 radical (unpaired) electrons. The normalized spacial score (nSPS) is 12.5. The number of amides is 1. The Balaban J connectivity index is 1.98. The van der Waals surface area contributed by atoms with Crippen LogP contribution in [0.4, 0.5) is 5.69 Å². The molecule has 0 aliphatic carbocycles. The number of likely N-dealkylation sites (N-methyl/N-ethyl adjacent to an activating group) is 1. The second-order valence-corrected chi connectivity index (χ2v) is 6.12. The Kier molecular flexibility index (Phi) is 5.51. The van der Waals surface area contributed by atoms with Gasteiger partial charge in [0.15, 0.2) is 0 Å². The molecule has 2 aromatic rings. The Hall–Kier alpha value is -1.49. The Morgan fingerprint density at radius 1 is 1.27 bits per heavy atom. The summed E-state index contributed by atoms with van der Waals surface area (Å²) in [5, 5.41) is 3.78. The van der Waals surface area contributed by atoms with Gasteiger partial charge in [0.2, 0.25) is 5.91 Å². The van der Waals surface area contributed by atoms with E-state index in [1.54, 1.807) is 18.2 Å². The van der Waals surface area contributed by atoms with Crippen molar-refractivity contribution >= 4 is 34.8 Å². The number of anilines is 1. The monoisotopic (exact) mass is 340 g/mol. The second-order valence-electron chi connectivity index (χ2n) is 5.25. The van der Waals surface area contributed by atoms with Gasteiger partial charge in [-0.25, -0.2) is 0 Å². The highest BCUT2D eigenvalue weighted by molar-refractivity contribution is 6.35. The van der Waals surface area contributed by atoms with Crippen LogP contribution in [0.3, 0.4) is 0 Å². The Labute approximate surface area is 140 Å². The molecule has 2 rings (SSSR count). The van der Waals surface area contributed by atoms with Crippen LogP contribution in [-0.4, -0.2) is 23.9 Å². The van der Waals surface area contributed by atoms with Gasteiger partial charge >= 0.3 is 0 Å². The highest BCUT2D eigenvalue weighted by Gasteiger charge is 2.19. The zero-order chi connectivity index (χ0) is 16.3. The van der Waals surface area contributed by atoms with E-state index in [1.807, 2.05) is 37.9 Å². The molecular formula is C16H18Cl2N2O2. The topological polar surface area (TPSA) is 45.5 Å². The second kappa shape index (κ2) is 7.18. The fourth-order valence-electron chi connectivity index (χ4n) is 2.03. The van der Waals surface area contributed by atoms with Crippen LogP contribution in [0.2, 0.25) is 10.0 Å². The van der Waals surface area contributed by atoms with Crippen molar-refractivity contribution in [2.24, 2.45) is 0 Å². The fourth-order valence-corrected chi connectivity index (χ4v) is 2.55. The lowest BCUT2D eigenvalue weighted by Gasteiger charge is -2.23. The van der Waals surface area contributed by atoms with Gasteiger partial charge in [0.25, 0.3) is 0 Å². The third kappa shape index (κ3) is 4.50. The molecule has 1 heterocycles. The first-order chi connectivity index (χ1) is 10.3. The van der Waals surface area contributed by atoms with Crippen molar-refractivity contribution in [3.8, 4) is 0 Å². The molecule has 1 amide bonds. The van der Waals surface area contributed by atoms with Gasteiger partial charge in [-0.05, 0) is 51.2 Å². The van der Waals surface area contributed by atoms with E-state index >= 15 is 0 Å². The van der Waals surface area contributed by atoms with Crippen molar-refractivity contribution in [1.82, 2.24) is 4.90 Å². The first-order valence-corrected chi connectivity index (χ1v) is 7.63.